The molecule has 3 heterocycles. The first-order chi connectivity index (χ1) is 19.7. The van der Waals surface area contributed by atoms with E-state index in [1.807, 2.05) is 69.3 Å². The van der Waals surface area contributed by atoms with Gasteiger partial charge in [-0.3, -0.25) is 4.79 Å². The van der Waals surface area contributed by atoms with Crippen molar-refractivity contribution in [2.45, 2.75) is 51.7 Å². The van der Waals surface area contributed by atoms with E-state index >= 15 is 0 Å². The van der Waals surface area contributed by atoms with Gasteiger partial charge in [-0.05, 0) is 63.4 Å². The van der Waals surface area contributed by atoms with Crippen LogP contribution in [0.3, 0.4) is 0 Å². The highest BCUT2D eigenvalue weighted by Crippen LogP contribution is 2.32. The number of piperidine rings is 1. The molecule has 1 aliphatic rings. The van der Waals surface area contributed by atoms with E-state index in [4.69, 9.17) is 19.2 Å². The van der Waals surface area contributed by atoms with Crippen LogP contribution < -0.4 is 14.8 Å². The van der Waals surface area contributed by atoms with Crippen molar-refractivity contribution < 1.29 is 23.8 Å². The van der Waals surface area contributed by atoms with E-state index in [0.717, 1.165) is 29.8 Å². The highest BCUT2D eigenvalue weighted by Gasteiger charge is 2.29. The van der Waals surface area contributed by atoms with Gasteiger partial charge in [0.1, 0.15) is 23.6 Å². The molecule has 1 aliphatic heterocycles. The fourth-order valence-electron chi connectivity index (χ4n) is 4.76. The number of carbonyl (C=O) groups is 2. The summed E-state index contributed by atoms with van der Waals surface area (Å²) in [5.74, 6) is 1.04. The van der Waals surface area contributed by atoms with Crippen LogP contribution in [0.1, 0.15) is 61.1 Å². The van der Waals surface area contributed by atoms with Gasteiger partial charge in [-0.25, -0.2) is 9.31 Å². The van der Waals surface area contributed by atoms with E-state index in [1.165, 1.54) is 0 Å². The van der Waals surface area contributed by atoms with Gasteiger partial charge in [0.2, 0.25) is 5.88 Å². The van der Waals surface area contributed by atoms with Gasteiger partial charge in [-0.2, -0.15) is 10.1 Å². The number of amides is 2. The molecule has 0 bridgehead atoms. The summed E-state index contributed by atoms with van der Waals surface area (Å²) < 4.78 is 18.7. The van der Waals surface area contributed by atoms with E-state index in [0.29, 0.717) is 42.5 Å². The number of nitrogens with one attached hydrogen (secondary N) is 1. The number of aromatic nitrogens is 3. The van der Waals surface area contributed by atoms with Gasteiger partial charge in [0.05, 0.1) is 19.0 Å². The van der Waals surface area contributed by atoms with Gasteiger partial charge in [-0.1, -0.05) is 30.3 Å². The Bertz CT molecular complexity index is 1500. The Labute approximate surface area is 239 Å². The van der Waals surface area contributed by atoms with Crippen molar-refractivity contribution in [1.82, 2.24) is 19.5 Å². The van der Waals surface area contributed by atoms with Crippen molar-refractivity contribution >= 4 is 23.3 Å². The van der Waals surface area contributed by atoms with E-state index in [9.17, 15) is 9.59 Å². The first-order valence-corrected chi connectivity index (χ1v) is 13.7. The Morgan fingerprint density at radius 1 is 1.02 bits per heavy atom. The average Bonchev–Trinajstić information content (AvgIpc) is 3.38. The standard InChI is InChI=1S/C31H35N5O5/c1-31(2,3)41-30(38)35-16-14-22(15-17-35)26-18-27(40-20-21-10-12-24(39-4)13-11-21)34-28-25(19-32-36(26)28)33-29(37)23-8-6-5-7-9-23/h5-13,18-19,22H,14-17,20H2,1-4H3,(H,33,37). The summed E-state index contributed by atoms with van der Waals surface area (Å²) in [5, 5.41) is 7.53. The van der Waals surface area contributed by atoms with Crippen molar-refractivity contribution in [3.8, 4) is 11.6 Å². The molecule has 0 atom stereocenters. The molecule has 0 radical (unpaired) electrons. The van der Waals surface area contributed by atoms with Crippen LogP contribution >= 0.6 is 0 Å². The van der Waals surface area contributed by atoms with Gasteiger partial charge >= 0.3 is 6.09 Å². The molecule has 10 nitrogen and oxygen atoms in total. The van der Waals surface area contributed by atoms with Crippen LogP contribution in [0.25, 0.3) is 5.65 Å². The van der Waals surface area contributed by atoms with Gasteiger partial charge in [0, 0.05) is 30.6 Å². The number of likely N-dealkylation sites (tertiary alicyclic amines) is 1. The van der Waals surface area contributed by atoms with Crippen molar-refractivity contribution in [2.75, 3.05) is 25.5 Å². The molecule has 5 rings (SSSR count). The SMILES string of the molecule is COc1ccc(COc2cc(C3CCN(C(=O)OC(C)(C)C)CC3)n3ncc(NC(=O)c4ccccc4)c3n2)cc1. The number of methoxy groups -OCH3 is 1. The lowest BCUT2D eigenvalue weighted by atomic mass is 9.93. The third-order valence-electron chi connectivity index (χ3n) is 6.87. The summed E-state index contributed by atoms with van der Waals surface area (Å²) in [4.78, 5) is 32.0. The summed E-state index contributed by atoms with van der Waals surface area (Å²) in [6.45, 7) is 7.03. The van der Waals surface area contributed by atoms with Crippen LogP contribution in [0.5, 0.6) is 11.6 Å². The van der Waals surface area contributed by atoms with Crippen molar-refractivity contribution in [2.24, 2.45) is 0 Å². The number of fused-ring (bicyclic) bond motifs is 1. The second kappa shape index (κ2) is 11.9. The van der Waals surface area contributed by atoms with Gasteiger partial charge < -0.3 is 24.4 Å². The third kappa shape index (κ3) is 6.77. The molecule has 10 heteroatoms. The Kier molecular flexibility index (Phi) is 8.09. The molecule has 2 amide bonds. The number of carbonyl (C=O) groups excluding carboxylic acids is 2. The molecule has 1 N–H and O–H groups in total. The van der Waals surface area contributed by atoms with E-state index in [1.54, 1.807) is 34.9 Å². The number of anilines is 1. The van der Waals surface area contributed by atoms with Crippen molar-refractivity contribution in [3.05, 3.63) is 83.7 Å². The summed E-state index contributed by atoms with van der Waals surface area (Å²) in [6, 6.07) is 18.5. The monoisotopic (exact) mass is 557 g/mol. The Balaban J connectivity index is 1.41. The molecule has 1 saturated heterocycles. The highest BCUT2D eigenvalue weighted by molar-refractivity contribution is 6.05. The lowest BCUT2D eigenvalue weighted by Crippen LogP contribution is -2.41. The van der Waals surface area contributed by atoms with Gasteiger partial charge in [0.15, 0.2) is 5.65 Å². The number of hydrogen-bond acceptors (Lipinski definition) is 7. The molecule has 214 valence electrons. The zero-order valence-corrected chi connectivity index (χ0v) is 23.8. The molecular formula is C31H35N5O5. The van der Waals surface area contributed by atoms with Gasteiger partial charge in [-0.15, -0.1) is 0 Å². The third-order valence-corrected chi connectivity index (χ3v) is 6.87. The number of rotatable bonds is 7. The Morgan fingerprint density at radius 3 is 2.39 bits per heavy atom. The maximum atomic E-state index is 12.9. The second-order valence-corrected chi connectivity index (χ2v) is 11.0. The number of ether oxygens (including phenoxy) is 3. The minimum atomic E-state index is -0.545. The van der Waals surface area contributed by atoms with Crippen molar-refractivity contribution in [1.29, 1.82) is 0 Å². The van der Waals surface area contributed by atoms with Crippen LogP contribution in [0.2, 0.25) is 0 Å². The summed E-state index contributed by atoms with van der Waals surface area (Å²) >= 11 is 0. The number of hydrogen-bond donors (Lipinski definition) is 1. The fraction of sp³-hybridized carbons (Fsp3) is 0.355. The van der Waals surface area contributed by atoms with Gasteiger partial charge in [0.25, 0.3) is 5.91 Å². The molecule has 0 saturated carbocycles. The molecule has 2 aromatic heterocycles. The number of nitrogens with zero attached hydrogens (tertiary/aromatic N) is 4. The molecule has 4 aromatic rings. The molecule has 0 unspecified atom stereocenters. The summed E-state index contributed by atoms with van der Waals surface area (Å²) in [6.07, 6.45) is 2.75. The number of benzene rings is 2. The second-order valence-electron chi connectivity index (χ2n) is 11.0. The predicted molar refractivity (Wildman–Crippen MR) is 154 cm³/mol. The normalized spacial score (nSPS) is 14.1. The molecule has 1 fully saturated rings. The highest BCUT2D eigenvalue weighted by atomic mass is 16.6. The van der Waals surface area contributed by atoms with E-state index in [-0.39, 0.29) is 17.9 Å². The minimum Gasteiger partial charge on any atom is -0.497 e. The molecule has 2 aromatic carbocycles. The van der Waals surface area contributed by atoms with Crippen molar-refractivity contribution in [3.63, 3.8) is 0 Å². The Morgan fingerprint density at radius 2 is 1.73 bits per heavy atom. The zero-order valence-electron chi connectivity index (χ0n) is 23.8. The molecule has 0 aliphatic carbocycles. The predicted octanol–water partition coefficient (Wildman–Crippen LogP) is 5.68. The largest absolute Gasteiger partial charge is 0.497 e. The first-order valence-electron chi connectivity index (χ1n) is 13.7. The average molecular weight is 558 g/mol. The molecular weight excluding hydrogens is 522 g/mol. The fourth-order valence-corrected chi connectivity index (χ4v) is 4.76. The van der Waals surface area contributed by atoms with Crippen LogP contribution in [0.4, 0.5) is 10.5 Å². The quantitative estimate of drug-likeness (QED) is 0.311. The maximum absolute atomic E-state index is 12.9. The van der Waals surface area contributed by atoms with Crippen LogP contribution in [-0.4, -0.2) is 57.3 Å². The summed E-state index contributed by atoms with van der Waals surface area (Å²) in [5.41, 5.74) is 2.84. The zero-order chi connectivity index (χ0) is 29.0. The Hall–Kier alpha value is -4.60. The minimum absolute atomic E-state index is 0.0973. The lowest BCUT2D eigenvalue weighted by Gasteiger charge is -2.33. The van der Waals surface area contributed by atoms with E-state index in [2.05, 4.69) is 10.4 Å². The lowest BCUT2D eigenvalue weighted by molar-refractivity contribution is 0.0203. The smallest absolute Gasteiger partial charge is 0.410 e. The topological polar surface area (TPSA) is 107 Å². The summed E-state index contributed by atoms with van der Waals surface area (Å²) in [7, 11) is 1.63. The first kappa shape index (κ1) is 27.9. The van der Waals surface area contributed by atoms with E-state index < -0.39 is 5.60 Å². The molecule has 0 spiro atoms. The molecule has 41 heavy (non-hydrogen) atoms. The van der Waals surface area contributed by atoms with Crippen LogP contribution in [0, 0.1) is 0 Å². The maximum Gasteiger partial charge on any atom is 0.410 e. The van der Waals surface area contributed by atoms with Crippen LogP contribution in [0.15, 0.2) is 66.9 Å². The van der Waals surface area contributed by atoms with Crippen LogP contribution in [-0.2, 0) is 11.3 Å².